The van der Waals surface area contributed by atoms with Crippen molar-refractivity contribution in [1.29, 1.82) is 0 Å². The molecular formula is C21H12N2O5. The zero-order valence-electron chi connectivity index (χ0n) is 14.6. The Kier molecular flexibility index (Phi) is 2.67. The van der Waals surface area contributed by atoms with Crippen LogP contribution in [0.2, 0.25) is 0 Å². The third kappa shape index (κ3) is 1.62. The summed E-state index contributed by atoms with van der Waals surface area (Å²) in [6, 6.07) is 12.8. The van der Waals surface area contributed by atoms with E-state index in [0.717, 1.165) is 10.9 Å². The normalized spacial score (nSPS) is 14.1. The molecule has 1 aliphatic rings. The fraction of sp³-hybridized carbons (Fsp3) is 0.0476. The molecule has 6 rings (SSSR count). The van der Waals surface area contributed by atoms with Crippen LogP contribution in [0.15, 0.2) is 46.9 Å². The number of carbonyl (C=O) groups excluding carboxylic acids is 2. The minimum Gasteiger partial charge on any atom is -0.497 e. The van der Waals surface area contributed by atoms with E-state index in [9.17, 15) is 14.8 Å². The molecule has 0 bridgehead atoms. The van der Waals surface area contributed by atoms with Crippen LogP contribution in [0.1, 0.15) is 20.7 Å². The molecule has 0 fully saturated rings. The van der Waals surface area contributed by atoms with Crippen molar-refractivity contribution in [2.75, 3.05) is 7.11 Å². The van der Waals surface area contributed by atoms with Gasteiger partial charge < -0.3 is 14.1 Å². The molecule has 0 saturated carbocycles. The first-order chi connectivity index (χ1) is 13.6. The van der Waals surface area contributed by atoms with E-state index in [1.807, 2.05) is 24.3 Å². The van der Waals surface area contributed by atoms with Crippen molar-refractivity contribution >= 4 is 55.6 Å². The number of benzene rings is 3. The maximum Gasteiger partial charge on any atom is 0.286 e. The minimum atomic E-state index is -0.761. The van der Waals surface area contributed by atoms with Gasteiger partial charge in [-0.1, -0.05) is 18.2 Å². The number of aromatic nitrogens is 1. The number of carbonyl (C=O) groups is 2. The number of furan rings is 1. The second kappa shape index (κ2) is 4.90. The number of amides is 2. The molecule has 5 aromatic rings. The van der Waals surface area contributed by atoms with E-state index in [1.165, 1.54) is 0 Å². The van der Waals surface area contributed by atoms with Crippen LogP contribution in [0.3, 0.4) is 0 Å². The molecule has 0 spiro atoms. The maximum atomic E-state index is 12.8. The Balaban J connectivity index is 1.96. The van der Waals surface area contributed by atoms with Crippen LogP contribution < -0.4 is 4.74 Å². The van der Waals surface area contributed by atoms with Crippen LogP contribution in [0.5, 0.6) is 5.75 Å². The van der Waals surface area contributed by atoms with E-state index in [1.54, 1.807) is 25.3 Å². The molecule has 7 nitrogen and oxygen atoms in total. The first kappa shape index (κ1) is 15.2. The lowest BCUT2D eigenvalue weighted by atomic mass is 9.97. The van der Waals surface area contributed by atoms with Crippen molar-refractivity contribution in [3.63, 3.8) is 0 Å². The lowest BCUT2D eigenvalue weighted by Crippen LogP contribution is -2.25. The molecule has 3 heterocycles. The van der Waals surface area contributed by atoms with Gasteiger partial charge in [-0.3, -0.25) is 14.8 Å². The predicted octanol–water partition coefficient (Wildman–Crippen LogP) is 4.21. The zero-order valence-corrected chi connectivity index (χ0v) is 14.6. The summed E-state index contributed by atoms with van der Waals surface area (Å²) in [5.41, 5.74) is 2.76. The first-order valence-electron chi connectivity index (χ1n) is 8.64. The van der Waals surface area contributed by atoms with E-state index in [-0.39, 0.29) is 16.2 Å². The molecule has 136 valence electrons. The average molecular weight is 372 g/mol. The maximum absolute atomic E-state index is 12.8. The standard InChI is InChI=1S/C21H12N2O5/c1-27-9-6-7-13-11(8-9)15-17-16(20(24)23(26)21(17)25)14-10-4-2-3-5-12(10)22-18(14)19(15)28-13/h2-8,22,26H,1H3. The minimum absolute atomic E-state index is 0.145. The van der Waals surface area contributed by atoms with Crippen molar-refractivity contribution in [3.8, 4) is 5.75 Å². The van der Waals surface area contributed by atoms with Crippen molar-refractivity contribution in [2.24, 2.45) is 0 Å². The SMILES string of the molecule is COc1ccc2oc3c4[nH]c5ccccc5c4c4c(c3c2c1)C(=O)N(O)C4=O. The predicted molar refractivity (Wildman–Crippen MR) is 102 cm³/mol. The number of H-pyrrole nitrogens is 1. The number of hydrogen-bond acceptors (Lipinski definition) is 5. The Morgan fingerprint density at radius 3 is 2.54 bits per heavy atom. The molecule has 0 unspecified atom stereocenters. The van der Waals surface area contributed by atoms with Crippen molar-refractivity contribution in [2.45, 2.75) is 0 Å². The molecule has 2 aromatic heterocycles. The fourth-order valence-electron chi connectivity index (χ4n) is 4.18. The van der Waals surface area contributed by atoms with Crippen molar-refractivity contribution < 1.29 is 24.0 Å². The monoisotopic (exact) mass is 372 g/mol. The summed E-state index contributed by atoms with van der Waals surface area (Å²) < 4.78 is 11.4. The highest BCUT2D eigenvalue weighted by atomic mass is 16.5. The van der Waals surface area contributed by atoms with Gasteiger partial charge in [0, 0.05) is 27.1 Å². The summed E-state index contributed by atoms with van der Waals surface area (Å²) in [5, 5.41) is 12.7. The van der Waals surface area contributed by atoms with Crippen LogP contribution in [0.25, 0.3) is 43.7 Å². The van der Waals surface area contributed by atoms with Gasteiger partial charge in [-0.05, 0) is 24.3 Å². The highest BCUT2D eigenvalue weighted by Crippen LogP contribution is 2.45. The van der Waals surface area contributed by atoms with Crippen LogP contribution in [-0.2, 0) is 0 Å². The van der Waals surface area contributed by atoms with Gasteiger partial charge in [-0.15, -0.1) is 5.06 Å². The van der Waals surface area contributed by atoms with Gasteiger partial charge in [0.1, 0.15) is 11.3 Å². The highest BCUT2D eigenvalue weighted by molar-refractivity contribution is 6.38. The molecule has 3 aromatic carbocycles. The topological polar surface area (TPSA) is 95.8 Å². The van der Waals surface area contributed by atoms with Gasteiger partial charge in [0.25, 0.3) is 11.8 Å². The Morgan fingerprint density at radius 2 is 1.75 bits per heavy atom. The van der Waals surface area contributed by atoms with Crippen LogP contribution in [0, 0.1) is 0 Å². The molecule has 28 heavy (non-hydrogen) atoms. The van der Waals surface area contributed by atoms with E-state index in [0.29, 0.717) is 38.6 Å². The van der Waals surface area contributed by atoms with E-state index in [2.05, 4.69) is 4.98 Å². The van der Waals surface area contributed by atoms with Gasteiger partial charge in [0.2, 0.25) is 0 Å². The van der Waals surface area contributed by atoms with Crippen molar-refractivity contribution in [3.05, 3.63) is 53.6 Å². The summed E-state index contributed by atoms with van der Waals surface area (Å²) >= 11 is 0. The largest absolute Gasteiger partial charge is 0.497 e. The van der Waals surface area contributed by atoms with E-state index >= 15 is 0 Å². The Labute approximate surface area is 156 Å². The van der Waals surface area contributed by atoms with Gasteiger partial charge in [0.05, 0.1) is 23.8 Å². The Morgan fingerprint density at radius 1 is 1.00 bits per heavy atom. The number of para-hydroxylation sites is 1. The summed E-state index contributed by atoms with van der Waals surface area (Å²) in [4.78, 5) is 28.9. The third-order valence-corrected chi connectivity index (χ3v) is 5.39. The number of hydrogen-bond donors (Lipinski definition) is 2. The molecule has 0 aliphatic carbocycles. The number of fused-ring (bicyclic) bond motifs is 10. The summed E-state index contributed by atoms with van der Waals surface area (Å²) in [6.07, 6.45) is 0. The van der Waals surface area contributed by atoms with Gasteiger partial charge >= 0.3 is 0 Å². The summed E-state index contributed by atoms with van der Waals surface area (Å²) in [7, 11) is 1.55. The van der Waals surface area contributed by atoms with Gasteiger partial charge in [0.15, 0.2) is 5.58 Å². The van der Waals surface area contributed by atoms with Crippen molar-refractivity contribution in [1.82, 2.24) is 10.0 Å². The second-order valence-electron chi connectivity index (χ2n) is 6.76. The number of nitrogens with zero attached hydrogens (tertiary/aromatic N) is 1. The van der Waals surface area contributed by atoms with Crippen LogP contribution in [0.4, 0.5) is 0 Å². The summed E-state index contributed by atoms with van der Waals surface area (Å²) in [5.74, 6) is -0.907. The summed E-state index contributed by atoms with van der Waals surface area (Å²) in [6.45, 7) is 0. The van der Waals surface area contributed by atoms with E-state index in [4.69, 9.17) is 9.15 Å². The number of ether oxygens (including phenoxy) is 1. The fourth-order valence-corrected chi connectivity index (χ4v) is 4.18. The first-order valence-corrected chi connectivity index (χ1v) is 8.64. The average Bonchev–Trinajstić information content (AvgIpc) is 3.34. The molecule has 7 heteroatoms. The smallest absolute Gasteiger partial charge is 0.286 e. The molecule has 2 N–H and O–H groups in total. The third-order valence-electron chi connectivity index (χ3n) is 5.39. The van der Waals surface area contributed by atoms with Crippen LogP contribution in [-0.4, -0.2) is 34.2 Å². The molecule has 0 radical (unpaired) electrons. The number of methoxy groups -OCH3 is 1. The Hall–Kier alpha value is -3.84. The zero-order chi connectivity index (χ0) is 19.2. The Bertz CT molecular complexity index is 1510. The molecule has 2 amide bonds. The molecule has 1 aliphatic heterocycles. The van der Waals surface area contributed by atoms with Gasteiger partial charge in [-0.2, -0.15) is 0 Å². The number of nitrogens with one attached hydrogen (secondary N) is 1. The van der Waals surface area contributed by atoms with Crippen LogP contribution >= 0.6 is 0 Å². The second-order valence-corrected chi connectivity index (χ2v) is 6.76. The lowest BCUT2D eigenvalue weighted by Gasteiger charge is -2.02. The van der Waals surface area contributed by atoms with E-state index < -0.39 is 11.8 Å². The lowest BCUT2D eigenvalue weighted by molar-refractivity contribution is -0.0325. The molecular weight excluding hydrogens is 360 g/mol. The number of imide groups is 1. The molecule has 0 atom stereocenters. The van der Waals surface area contributed by atoms with Gasteiger partial charge in [-0.25, -0.2) is 0 Å². The number of aromatic amines is 1. The number of hydroxylamine groups is 2. The highest BCUT2D eigenvalue weighted by Gasteiger charge is 2.41. The number of rotatable bonds is 1. The quantitative estimate of drug-likeness (QED) is 0.339. The molecule has 0 saturated heterocycles.